The van der Waals surface area contributed by atoms with E-state index in [1.165, 1.54) is 12.8 Å². The van der Waals surface area contributed by atoms with Gasteiger partial charge in [0.25, 0.3) is 0 Å². The second kappa shape index (κ2) is 4.20. The Morgan fingerprint density at radius 2 is 1.94 bits per heavy atom. The monoisotopic (exact) mass is 251 g/mol. The molecule has 1 amide bonds. The molecule has 1 saturated carbocycles. The SMILES string of the molecule is CC1(C)NCCC1NC(=O)C1CC12CCNCC2. The van der Waals surface area contributed by atoms with Crippen LogP contribution in [0.5, 0.6) is 0 Å². The van der Waals surface area contributed by atoms with E-state index in [9.17, 15) is 4.79 Å². The third kappa shape index (κ3) is 2.05. The molecule has 4 nitrogen and oxygen atoms in total. The zero-order chi connectivity index (χ0) is 12.8. The van der Waals surface area contributed by atoms with Crippen molar-refractivity contribution in [2.45, 2.75) is 51.1 Å². The molecule has 2 aliphatic heterocycles. The van der Waals surface area contributed by atoms with Crippen LogP contribution in [0.25, 0.3) is 0 Å². The van der Waals surface area contributed by atoms with Gasteiger partial charge in [-0.25, -0.2) is 0 Å². The number of carbonyl (C=O) groups excluding carboxylic acids is 1. The molecule has 0 radical (unpaired) electrons. The van der Waals surface area contributed by atoms with Crippen molar-refractivity contribution in [3.63, 3.8) is 0 Å². The fraction of sp³-hybridized carbons (Fsp3) is 0.929. The summed E-state index contributed by atoms with van der Waals surface area (Å²) in [5.74, 6) is 0.592. The van der Waals surface area contributed by atoms with E-state index in [1.807, 2.05) is 0 Å². The van der Waals surface area contributed by atoms with Crippen molar-refractivity contribution in [1.82, 2.24) is 16.0 Å². The average Bonchev–Trinajstić information content (AvgIpc) is 2.91. The highest BCUT2D eigenvalue weighted by Gasteiger charge is 2.58. The van der Waals surface area contributed by atoms with E-state index in [0.717, 1.165) is 32.5 Å². The maximum absolute atomic E-state index is 12.4. The zero-order valence-electron chi connectivity index (χ0n) is 11.5. The molecular formula is C14H25N3O. The maximum Gasteiger partial charge on any atom is 0.223 e. The van der Waals surface area contributed by atoms with E-state index in [4.69, 9.17) is 0 Å². The molecule has 0 aromatic heterocycles. The van der Waals surface area contributed by atoms with Crippen LogP contribution in [-0.2, 0) is 4.79 Å². The summed E-state index contributed by atoms with van der Waals surface area (Å²) in [6.45, 7) is 7.54. The standard InChI is InChI=1S/C14H25N3O/c1-13(2)11(3-6-16-13)17-12(18)10-9-14(10)4-7-15-8-5-14/h10-11,15-16H,3-9H2,1-2H3,(H,17,18). The quantitative estimate of drug-likeness (QED) is 0.675. The number of hydrogen-bond donors (Lipinski definition) is 3. The van der Waals surface area contributed by atoms with Crippen LogP contribution in [0.4, 0.5) is 0 Å². The Morgan fingerprint density at radius 1 is 1.22 bits per heavy atom. The Morgan fingerprint density at radius 3 is 2.56 bits per heavy atom. The molecule has 18 heavy (non-hydrogen) atoms. The van der Waals surface area contributed by atoms with Crippen LogP contribution in [0, 0.1) is 11.3 Å². The molecule has 102 valence electrons. The van der Waals surface area contributed by atoms with Gasteiger partial charge in [0.05, 0.1) is 0 Å². The van der Waals surface area contributed by atoms with Crippen molar-refractivity contribution < 1.29 is 4.79 Å². The Balaban J connectivity index is 1.57. The zero-order valence-corrected chi connectivity index (χ0v) is 11.5. The average molecular weight is 251 g/mol. The van der Waals surface area contributed by atoms with Crippen LogP contribution in [0.2, 0.25) is 0 Å². The molecule has 1 aliphatic carbocycles. The van der Waals surface area contributed by atoms with Gasteiger partial charge in [0.1, 0.15) is 0 Å². The van der Waals surface area contributed by atoms with Gasteiger partial charge in [0.15, 0.2) is 0 Å². The summed E-state index contributed by atoms with van der Waals surface area (Å²) in [6.07, 6.45) is 4.52. The van der Waals surface area contributed by atoms with Gasteiger partial charge >= 0.3 is 0 Å². The number of nitrogens with one attached hydrogen (secondary N) is 3. The highest BCUT2D eigenvalue weighted by atomic mass is 16.2. The molecule has 0 bridgehead atoms. The largest absolute Gasteiger partial charge is 0.351 e. The summed E-state index contributed by atoms with van der Waals surface area (Å²) < 4.78 is 0. The molecule has 0 aromatic carbocycles. The molecule has 2 unspecified atom stereocenters. The van der Waals surface area contributed by atoms with Crippen molar-refractivity contribution in [3.05, 3.63) is 0 Å². The Kier molecular flexibility index (Phi) is 2.90. The molecule has 1 spiro atoms. The molecule has 3 N–H and O–H groups in total. The van der Waals surface area contributed by atoms with Crippen LogP contribution in [-0.4, -0.2) is 37.1 Å². The van der Waals surface area contributed by atoms with Crippen LogP contribution >= 0.6 is 0 Å². The van der Waals surface area contributed by atoms with E-state index in [1.54, 1.807) is 0 Å². The first-order valence-corrected chi connectivity index (χ1v) is 7.30. The van der Waals surface area contributed by atoms with E-state index in [-0.39, 0.29) is 11.5 Å². The fourth-order valence-corrected chi connectivity index (χ4v) is 3.74. The summed E-state index contributed by atoms with van der Waals surface area (Å²) in [6, 6.07) is 0.296. The summed E-state index contributed by atoms with van der Waals surface area (Å²) in [4.78, 5) is 12.4. The minimum atomic E-state index is 0.0475. The Bertz CT molecular complexity index is 347. The van der Waals surface area contributed by atoms with Crippen molar-refractivity contribution >= 4 is 5.91 Å². The summed E-state index contributed by atoms with van der Waals surface area (Å²) >= 11 is 0. The van der Waals surface area contributed by atoms with E-state index in [0.29, 0.717) is 17.4 Å². The van der Waals surface area contributed by atoms with Crippen LogP contribution in [0.3, 0.4) is 0 Å². The highest BCUT2D eigenvalue weighted by Crippen LogP contribution is 2.58. The number of carbonyl (C=O) groups is 1. The first kappa shape index (κ1) is 12.4. The van der Waals surface area contributed by atoms with Crippen molar-refractivity contribution in [3.8, 4) is 0 Å². The summed E-state index contributed by atoms with van der Waals surface area (Å²) in [5.41, 5.74) is 0.400. The number of amides is 1. The lowest BCUT2D eigenvalue weighted by atomic mass is 9.91. The first-order chi connectivity index (χ1) is 8.54. The van der Waals surface area contributed by atoms with Crippen molar-refractivity contribution in [2.75, 3.05) is 19.6 Å². The number of rotatable bonds is 2. The molecule has 3 aliphatic rings. The molecule has 2 atom stereocenters. The second-order valence-corrected chi connectivity index (χ2v) is 6.87. The molecule has 2 saturated heterocycles. The van der Waals surface area contributed by atoms with Crippen molar-refractivity contribution in [2.24, 2.45) is 11.3 Å². The van der Waals surface area contributed by atoms with Gasteiger partial charge < -0.3 is 16.0 Å². The lowest BCUT2D eigenvalue weighted by Gasteiger charge is -2.29. The third-order valence-electron chi connectivity index (χ3n) is 5.31. The predicted molar refractivity (Wildman–Crippen MR) is 71.3 cm³/mol. The Hall–Kier alpha value is -0.610. The number of hydrogen-bond acceptors (Lipinski definition) is 3. The molecule has 4 heteroatoms. The van der Waals surface area contributed by atoms with Gasteiger partial charge in [0, 0.05) is 17.5 Å². The second-order valence-electron chi connectivity index (χ2n) is 6.87. The lowest BCUT2D eigenvalue weighted by molar-refractivity contribution is -0.124. The molecule has 2 heterocycles. The molecule has 0 aromatic rings. The van der Waals surface area contributed by atoms with Gasteiger partial charge in [-0.2, -0.15) is 0 Å². The highest BCUT2D eigenvalue weighted by molar-refractivity contribution is 5.83. The third-order valence-corrected chi connectivity index (χ3v) is 5.31. The fourth-order valence-electron chi connectivity index (χ4n) is 3.74. The van der Waals surface area contributed by atoms with Gasteiger partial charge in [0.2, 0.25) is 5.91 Å². The Labute approximate surface area is 109 Å². The first-order valence-electron chi connectivity index (χ1n) is 7.30. The van der Waals surface area contributed by atoms with Gasteiger partial charge in [-0.3, -0.25) is 4.79 Å². The molecule has 3 rings (SSSR count). The van der Waals surface area contributed by atoms with Crippen LogP contribution < -0.4 is 16.0 Å². The van der Waals surface area contributed by atoms with E-state index >= 15 is 0 Å². The van der Waals surface area contributed by atoms with Gasteiger partial charge in [-0.15, -0.1) is 0 Å². The van der Waals surface area contributed by atoms with Crippen LogP contribution in [0.1, 0.15) is 39.5 Å². The van der Waals surface area contributed by atoms with Gasteiger partial charge in [-0.1, -0.05) is 0 Å². The molecule has 3 fully saturated rings. The summed E-state index contributed by atoms with van der Waals surface area (Å²) in [5, 5.41) is 10.1. The normalized spacial score (nSPS) is 36.6. The van der Waals surface area contributed by atoms with E-state index in [2.05, 4.69) is 29.8 Å². The van der Waals surface area contributed by atoms with Crippen molar-refractivity contribution in [1.29, 1.82) is 0 Å². The predicted octanol–water partition coefficient (Wildman–Crippen LogP) is 0.633. The minimum Gasteiger partial charge on any atom is -0.351 e. The smallest absolute Gasteiger partial charge is 0.223 e. The minimum absolute atomic E-state index is 0.0475. The van der Waals surface area contributed by atoms with E-state index < -0.39 is 0 Å². The number of piperidine rings is 1. The summed E-state index contributed by atoms with van der Waals surface area (Å²) in [7, 11) is 0. The van der Waals surface area contributed by atoms with Gasteiger partial charge in [-0.05, 0) is 64.6 Å². The van der Waals surface area contributed by atoms with Crippen LogP contribution in [0.15, 0.2) is 0 Å². The topological polar surface area (TPSA) is 53.2 Å². The molecular weight excluding hydrogens is 226 g/mol. The maximum atomic E-state index is 12.4. The lowest BCUT2D eigenvalue weighted by Crippen LogP contribution is -2.51.